The molecule has 1 aliphatic heterocycles. The highest BCUT2D eigenvalue weighted by atomic mass is 15.2. The van der Waals surface area contributed by atoms with Crippen LogP contribution in [0.5, 0.6) is 0 Å². The highest BCUT2D eigenvalue weighted by Crippen LogP contribution is 2.45. The summed E-state index contributed by atoms with van der Waals surface area (Å²) in [5.41, 5.74) is 9.20. The number of nitrogens with zero attached hydrogens (tertiary/aromatic N) is 1. The molecule has 1 aromatic rings. The Balaban J connectivity index is 1.99. The van der Waals surface area contributed by atoms with E-state index in [2.05, 4.69) is 36.1 Å². The summed E-state index contributed by atoms with van der Waals surface area (Å²) in [6.45, 7) is 4.29. The van der Waals surface area contributed by atoms with Crippen molar-refractivity contribution in [2.24, 2.45) is 11.7 Å². The van der Waals surface area contributed by atoms with Gasteiger partial charge in [0.05, 0.1) is 5.54 Å². The minimum absolute atomic E-state index is 0.177. The maximum atomic E-state index is 6.09. The molecule has 92 valence electrons. The fourth-order valence-corrected chi connectivity index (χ4v) is 3.27. The number of nitrogens with two attached hydrogens (primary N) is 1. The van der Waals surface area contributed by atoms with Gasteiger partial charge in [-0.3, -0.25) is 0 Å². The molecule has 1 fully saturated rings. The number of anilines is 1. The summed E-state index contributed by atoms with van der Waals surface area (Å²) in [4.78, 5) is 2.59. The molecule has 0 amide bonds. The molecule has 1 atom stereocenters. The van der Waals surface area contributed by atoms with Crippen LogP contribution in [0, 0.1) is 5.92 Å². The third kappa shape index (κ3) is 1.75. The van der Waals surface area contributed by atoms with E-state index in [4.69, 9.17) is 5.73 Å². The number of hydrogen-bond acceptors (Lipinski definition) is 2. The zero-order valence-corrected chi connectivity index (χ0v) is 10.7. The van der Waals surface area contributed by atoms with Crippen LogP contribution in [-0.4, -0.2) is 18.6 Å². The highest BCUT2D eigenvalue weighted by Gasteiger charge is 2.45. The lowest BCUT2D eigenvalue weighted by Crippen LogP contribution is -2.55. The van der Waals surface area contributed by atoms with E-state index in [1.807, 2.05) is 0 Å². The Morgan fingerprint density at radius 3 is 2.82 bits per heavy atom. The van der Waals surface area contributed by atoms with Crippen molar-refractivity contribution >= 4 is 5.69 Å². The van der Waals surface area contributed by atoms with E-state index in [0.717, 1.165) is 12.5 Å². The van der Waals surface area contributed by atoms with Crippen LogP contribution in [0.1, 0.15) is 31.7 Å². The van der Waals surface area contributed by atoms with Crippen molar-refractivity contribution in [3.8, 4) is 0 Å². The lowest BCUT2D eigenvalue weighted by Gasteiger charge is -2.46. The Hall–Kier alpha value is -1.02. The second kappa shape index (κ2) is 4.02. The zero-order valence-electron chi connectivity index (χ0n) is 10.7. The molecule has 1 aromatic carbocycles. The predicted octanol–water partition coefficient (Wildman–Crippen LogP) is 2.57. The van der Waals surface area contributed by atoms with Gasteiger partial charge in [-0.2, -0.15) is 0 Å². The van der Waals surface area contributed by atoms with Crippen LogP contribution in [0.4, 0.5) is 5.69 Å². The first kappa shape index (κ1) is 11.1. The van der Waals surface area contributed by atoms with E-state index in [0.29, 0.717) is 0 Å². The van der Waals surface area contributed by atoms with Crippen molar-refractivity contribution in [1.29, 1.82) is 0 Å². The van der Waals surface area contributed by atoms with Gasteiger partial charge in [-0.05, 0) is 50.2 Å². The largest absolute Gasteiger partial charge is 0.364 e. The van der Waals surface area contributed by atoms with Crippen LogP contribution < -0.4 is 10.6 Å². The van der Waals surface area contributed by atoms with E-state index in [1.165, 1.54) is 43.5 Å². The lowest BCUT2D eigenvalue weighted by molar-refractivity contribution is 0.369. The van der Waals surface area contributed by atoms with Crippen LogP contribution in [0.3, 0.4) is 0 Å². The van der Waals surface area contributed by atoms with Crippen molar-refractivity contribution in [3.05, 3.63) is 29.8 Å². The molecule has 1 saturated carbocycles. The molecule has 1 heterocycles. The average Bonchev–Trinajstić information content (AvgIpc) is 3.22. The van der Waals surface area contributed by atoms with E-state index >= 15 is 0 Å². The van der Waals surface area contributed by atoms with Crippen LogP contribution in [0.15, 0.2) is 24.3 Å². The summed E-state index contributed by atoms with van der Waals surface area (Å²) in [5, 5.41) is 0. The smallest absolute Gasteiger partial charge is 0.0524 e. The predicted molar refractivity (Wildman–Crippen MR) is 72.3 cm³/mol. The normalized spacial score (nSPS) is 23.1. The third-order valence-corrected chi connectivity index (χ3v) is 4.60. The van der Waals surface area contributed by atoms with Gasteiger partial charge in [0, 0.05) is 18.8 Å². The molecule has 0 bridgehead atoms. The van der Waals surface area contributed by atoms with E-state index in [9.17, 15) is 0 Å². The molecule has 2 heteroatoms. The SMILES string of the molecule is CC(CN)(C1CC1)N1CCCc2ccccc21. The lowest BCUT2D eigenvalue weighted by atomic mass is 9.89. The van der Waals surface area contributed by atoms with Crippen LogP contribution in [0.2, 0.25) is 0 Å². The molecular weight excluding hydrogens is 208 g/mol. The topological polar surface area (TPSA) is 29.3 Å². The molecule has 3 rings (SSSR count). The van der Waals surface area contributed by atoms with Gasteiger partial charge in [0.15, 0.2) is 0 Å². The van der Waals surface area contributed by atoms with Crippen molar-refractivity contribution in [1.82, 2.24) is 0 Å². The first-order valence-corrected chi connectivity index (χ1v) is 6.81. The molecule has 0 saturated heterocycles. The Morgan fingerprint density at radius 2 is 2.12 bits per heavy atom. The summed E-state index contributed by atoms with van der Waals surface area (Å²) in [5.74, 6) is 0.804. The fourth-order valence-electron chi connectivity index (χ4n) is 3.27. The van der Waals surface area contributed by atoms with Gasteiger partial charge in [-0.1, -0.05) is 18.2 Å². The first-order chi connectivity index (χ1) is 8.25. The van der Waals surface area contributed by atoms with Crippen LogP contribution >= 0.6 is 0 Å². The molecule has 2 N–H and O–H groups in total. The van der Waals surface area contributed by atoms with E-state index in [-0.39, 0.29) is 5.54 Å². The number of para-hydroxylation sites is 1. The number of rotatable bonds is 3. The van der Waals surface area contributed by atoms with Gasteiger partial charge >= 0.3 is 0 Å². The maximum Gasteiger partial charge on any atom is 0.0524 e. The van der Waals surface area contributed by atoms with Gasteiger partial charge in [0.2, 0.25) is 0 Å². The van der Waals surface area contributed by atoms with Crippen LogP contribution in [0.25, 0.3) is 0 Å². The van der Waals surface area contributed by atoms with E-state index in [1.54, 1.807) is 0 Å². The number of aryl methyl sites for hydroxylation is 1. The molecule has 0 spiro atoms. The maximum absolute atomic E-state index is 6.09. The quantitative estimate of drug-likeness (QED) is 0.864. The minimum atomic E-state index is 0.177. The highest BCUT2D eigenvalue weighted by molar-refractivity contribution is 5.58. The molecule has 0 aromatic heterocycles. The van der Waals surface area contributed by atoms with Gasteiger partial charge < -0.3 is 10.6 Å². The molecule has 1 aliphatic carbocycles. The molecule has 2 nitrogen and oxygen atoms in total. The molecular formula is C15H22N2. The summed E-state index contributed by atoms with van der Waals surface area (Å²) in [6.07, 6.45) is 5.19. The number of benzene rings is 1. The average molecular weight is 230 g/mol. The minimum Gasteiger partial charge on any atom is -0.364 e. The fraction of sp³-hybridized carbons (Fsp3) is 0.600. The Labute approximate surface area is 104 Å². The molecule has 17 heavy (non-hydrogen) atoms. The van der Waals surface area contributed by atoms with Gasteiger partial charge in [-0.25, -0.2) is 0 Å². The first-order valence-electron chi connectivity index (χ1n) is 6.81. The standard InChI is InChI=1S/C15H22N2/c1-15(11-16,13-8-9-13)17-10-4-6-12-5-2-3-7-14(12)17/h2-3,5,7,13H,4,6,8-11,16H2,1H3. The zero-order chi connectivity index (χ0) is 11.9. The Morgan fingerprint density at radius 1 is 1.35 bits per heavy atom. The molecule has 1 unspecified atom stereocenters. The monoisotopic (exact) mass is 230 g/mol. The molecule has 0 radical (unpaired) electrons. The summed E-state index contributed by atoms with van der Waals surface area (Å²) < 4.78 is 0. The van der Waals surface area contributed by atoms with Gasteiger partial charge in [0.1, 0.15) is 0 Å². The Bertz CT molecular complexity index is 411. The second-order valence-electron chi connectivity index (χ2n) is 5.72. The van der Waals surface area contributed by atoms with Crippen molar-refractivity contribution < 1.29 is 0 Å². The van der Waals surface area contributed by atoms with E-state index < -0.39 is 0 Å². The number of fused-ring (bicyclic) bond motifs is 1. The summed E-state index contributed by atoms with van der Waals surface area (Å²) in [7, 11) is 0. The van der Waals surface area contributed by atoms with Crippen molar-refractivity contribution in [3.63, 3.8) is 0 Å². The molecule has 2 aliphatic rings. The van der Waals surface area contributed by atoms with Gasteiger partial charge in [0.25, 0.3) is 0 Å². The third-order valence-electron chi connectivity index (χ3n) is 4.60. The second-order valence-corrected chi connectivity index (χ2v) is 5.72. The summed E-state index contributed by atoms with van der Waals surface area (Å²) >= 11 is 0. The number of hydrogen-bond donors (Lipinski definition) is 1. The van der Waals surface area contributed by atoms with Gasteiger partial charge in [-0.15, -0.1) is 0 Å². The van der Waals surface area contributed by atoms with Crippen LogP contribution in [-0.2, 0) is 6.42 Å². The Kier molecular flexibility index (Phi) is 2.62. The van der Waals surface area contributed by atoms with Crippen molar-refractivity contribution in [2.75, 3.05) is 18.0 Å². The summed E-state index contributed by atoms with van der Waals surface area (Å²) in [6, 6.07) is 8.84. The van der Waals surface area contributed by atoms with Crippen molar-refractivity contribution in [2.45, 2.75) is 38.1 Å².